The van der Waals surface area contributed by atoms with Crippen molar-refractivity contribution in [3.05, 3.63) is 62.9 Å². The number of quaternary nitrogens is 1. The van der Waals surface area contributed by atoms with Gasteiger partial charge in [-0.25, -0.2) is 9.97 Å². The number of imidazole rings is 1. The van der Waals surface area contributed by atoms with Gasteiger partial charge in [-0.2, -0.15) is 0 Å². The highest BCUT2D eigenvalue weighted by molar-refractivity contribution is 7.18. The summed E-state index contributed by atoms with van der Waals surface area (Å²) in [5.74, 6) is 1.43. The monoisotopic (exact) mass is 394 g/mol. The lowest BCUT2D eigenvalue weighted by Crippen LogP contribution is -2.83. The number of rotatable bonds is 4. The summed E-state index contributed by atoms with van der Waals surface area (Å²) in [6.07, 6.45) is 7.27. The summed E-state index contributed by atoms with van der Waals surface area (Å²) < 4.78 is 2.02. The van der Waals surface area contributed by atoms with Crippen LogP contribution in [0.15, 0.2) is 35.4 Å². The summed E-state index contributed by atoms with van der Waals surface area (Å²) in [7, 11) is 0. The summed E-state index contributed by atoms with van der Waals surface area (Å²) in [5.41, 5.74) is 3.21. The molecule has 1 aliphatic rings. The van der Waals surface area contributed by atoms with E-state index in [1.165, 1.54) is 10.4 Å². The zero-order valence-corrected chi connectivity index (χ0v) is 16.9. The van der Waals surface area contributed by atoms with Crippen LogP contribution in [0.2, 0.25) is 0 Å². The van der Waals surface area contributed by atoms with Gasteiger partial charge >= 0.3 is 0 Å². The second-order valence-electron chi connectivity index (χ2n) is 7.91. The fourth-order valence-corrected chi connectivity index (χ4v) is 5.47. The molecule has 4 aromatic heterocycles. The normalized spacial score (nSPS) is 17.9. The first kappa shape index (κ1) is 17.6. The number of aromatic amines is 1. The average molecular weight is 395 g/mol. The van der Waals surface area contributed by atoms with Gasteiger partial charge in [-0.3, -0.25) is 4.79 Å². The Morgan fingerprint density at radius 1 is 1.39 bits per heavy atom. The standard InChI is InChI=1S/C21H23N5OS/c1-12-6-7-15-16(9-12)28-21-18(15)20(27)24-19(25-21)13(2)22-10-14-11-26-8-4-3-5-17(26)23-14/h3-5,8,11-13,22H,6-7,9-10H2,1-2H3,(H,24,25,27)/p+1/t12-,13+/m0/s1. The largest absolute Gasteiger partial charge is 0.333 e. The molecule has 144 valence electrons. The van der Waals surface area contributed by atoms with Crippen LogP contribution in [-0.4, -0.2) is 19.4 Å². The van der Waals surface area contributed by atoms with Gasteiger partial charge in [-0.1, -0.05) is 13.0 Å². The third-order valence-corrected chi connectivity index (χ3v) is 6.86. The van der Waals surface area contributed by atoms with Gasteiger partial charge in [0.1, 0.15) is 28.8 Å². The zero-order valence-electron chi connectivity index (χ0n) is 16.1. The third kappa shape index (κ3) is 3.04. The van der Waals surface area contributed by atoms with Crippen LogP contribution in [0.5, 0.6) is 0 Å². The van der Waals surface area contributed by atoms with Gasteiger partial charge in [-0.05, 0) is 49.8 Å². The summed E-state index contributed by atoms with van der Waals surface area (Å²) in [4.78, 5) is 27.5. The van der Waals surface area contributed by atoms with Gasteiger partial charge in [0.2, 0.25) is 0 Å². The molecule has 6 nitrogen and oxygen atoms in total. The molecule has 0 aromatic carbocycles. The van der Waals surface area contributed by atoms with Crippen molar-refractivity contribution in [1.82, 2.24) is 19.4 Å². The number of aryl methyl sites for hydroxylation is 1. The highest BCUT2D eigenvalue weighted by Gasteiger charge is 2.24. The van der Waals surface area contributed by atoms with Crippen molar-refractivity contribution < 1.29 is 5.32 Å². The second-order valence-corrected chi connectivity index (χ2v) is 8.99. The van der Waals surface area contributed by atoms with Crippen LogP contribution in [0.3, 0.4) is 0 Å². The van der Waals surface area contributed by atoms with Crippen LogP contribution in [0.4, 0.5) is 0 Å². The number of pyridine rings is 1. The molecule has 0 bridgehead atoms. The Morgan fingerprint density at radius 3 is 3.14 bits per heavy atom. The molecule has 0 amide bonds. The van der Waals surface area contributed by atoms with Crippen LogP contribution >= 0.6 is 11.3 Å². The van der Waals surface area contributed by atoms with Crippen LogP contribution in [0.25, 0.3) is 15.9 Å². The summed E-state index contributed by atoms with van der Waals surface area (Å²) in [5, 5.41) is 2.99. The zero-order chi connectivity index (χ0) is 19.3. The molecule has 7 heteroatoms. The van der Waals surface area contributed by atoms with E-state index in [-0.39, 0.29) is 11.6 Å². The number of nitrogens with zero attached hydrogens (tertiary/aromatic N) is 3. The maximum Gasteiger partial charge on any atom is 0.260 e. The van der Waals surface area contributed by atoms with Crippen molar-refractivity contribution in [3.63, 3.8) is 0 Å². The van der Waals surface area contributed by atoms with Gasteiger partial charge in [0.05, 0.1) is 5.39 Å². The minimum absolute atomic E-state index is 0.0139. The fraction of sp³-hybridized carbons (Fsp3) is 0.381. The Balaban J connectivity index is 1.40. The SMILES string of the molecule is C[C@H]1CCc2c(sc3nc([C@@H](C)[NH2+]Cc4cn5ccccc5n4)[nH]c(=O)c23)C1. The third-order valence-electron chi connectivity index (χ3n) is 5.71. The van der Waals surface area contributed by atoms with Gasteiger partial charge < -0.3 is 14.7 Å². The number of thiophene rings is 1. The van der Waals surface area contributed by atoms with Crippen molar-refractivity contribution >= 4 is 27.2 Å². The molecule has 3 N–H and O–H groups in total. The van der Waals surface area contributed by atoms with Crippen LogP contribution in [0.1, 0.15) is 48.3 Å². The molecular weight excluding hydrogens is 370 g/mol. The molecule has 0 fully saturated rings. The molecule has 0 saturated carbocycles. The first-order chi connectivity index (χ1) is 13.6. The van der Waals surface area contributed by atoms with E-state index in [9.17, 15) is 4.79 Å². The lowest BCUT2D eigenvalue weighted by atomic mass is 9.89. The number of hydrogen-bond acceptors (Lipinski definition) is 4. The predicted molar refractivity (Wildman–Crippen MR) is 111 cm³/mol. The van der Waals surface area contributed by atoms with Gasteiger partial charge in [0.15, 0.2) is 5.82 Å². The van der Waals surface area contributed by atoms with Crippen LogP contribution in [-0.2, 0) is 19.4 Å². The molecule has 0 spiro atoms. The number of nitrogens with one attached hydrogen (secondary N) is 1. The predicted octanol–water partition coefficient (Wildman–Crippen LogP) is 2.58. The minimum Gasteiger partial charge on any atom is -0.333 e. The molecule has 0 unspecified atom stereocenters. The topological polar surface area (TPSA) is 79.7 Å². The summed E-state index contributed by atoms with van der Waals surface area (Å²) >= 11 is 1.71. The van der Waals surface area contributed by atoms with Crippen molar-refractivity contribution in [1.29, 1.82) is 0 Å². The van der Waals surface area contributed by atoms with Crippen LogP contribution in [0, 0.1) is 5.92 Å². The first-order valence-corrected chi connectivity index (χ1v) is 10.7. The van der Waals surface area contributed by atoms with Crippen molar-refractivity contribution in [2.45, 2.75) is 45.7 Å². The second kappa shape index (κ2) is 6.83. The van der Waals surface area contributed by atoms with E-state index in [0.29, 0.717) is 5.92 Å². The molecular formula is C21H24N5OS+. The Kier molecular flexibility index (Phi) is 4.29. The number of H-pyrrole nitrogens is 1. The maximum atomic E-state index is 12.8. The van der Waals surface area contributed by atoms with E-state index in [0.717, 1.165) is 53.2 Å². The Hall–Kier alpha value is -2.51. The smallest absolute Gasteiger partial charge is 0.260 e. The van der Waals surface area contributed by atoms with E-state index >= 15 is 0 Å². The lowest BCUT2D eigenvalue weighted by molar-refractivity contribution is -0.709. The number of aromatic nitrogens is 4. The van der Waals surface area contributed by atoms with Crippen molar-refractivity contribution in [2.75, 3.05) is 0 Å². The molecule has 1 aliphatic carbocycles. The Morgan fingerprint density at radius 2 is 2.29 bits per heavy atom. The molecule has 2 atom stereocenters. The fourth-order valence-electron chi connectivity index (χ4n) is 4.08. The molecule has 0 aliphatic heterocycles. The van der Waals surface area contributed by atoms with E-state index < -0.39 is 0 Å². The molecule has 4 aromatic rings. The number of fused-ring (bicyclic) bond motifs is 4. The first-order valence-electron chi connectivity index (χ1n) is 9.89. The summed E-state index contributed by atoms with van der Waals surface area (Å²) in [6, 6.07) is 6.04. The molecule has 0 saturated heterocycles. The van der Waals surface area contributed by atoms with E-state index in [4.69, 9.17) is 4.98 Å². The van der Waals surface area contributed by atoms with Crippen molar-refractivity contribution in [2.24, 2.45) is 5.92 Å². The van der Waals surface area contributed by atoms with Crippen LogP contribution < -0.4 is 10.9 Å². The highest BCUT2D eigenvalue weighted by atomic mass is 32.1. The van der Waals surface area contributed by atoms with E-state index in [1.54, 1.807) is 11.3 Å². The van der Waals surface area contributed by atoms with Gasteiger partial charge in [0.25, 0.3) is 5.56 Å². The number of nitrogens with two attached hydrogens (primary N) is 1. The van der Waals surface area contributed by atoms with Gasteiger partial charge in [-0.15, -0.1) is 11.3 Å². The Bertz CT molecular complexity index is 1190. The van der Waals surface area contributed by atoms with E-state index in [2.05, 4.69) is 29.1 Å². The van der Waals surface area contributed by atoms with Crippen molar-refractivity contribution in [3.8, 4) is 0 Å². The molecule has 4 heterocycles. The molecule has 0 radical (unpaired) electrons. The van der Waals surface area contributed by atoms with E-state index in [1.807, 2.05) is 35.0 Å². The average Bonchev–Trinajstić information content (AvgIpc) is 3.26. The molecule has 5 rings (SSSR count). The minimum atomic E-state index is 0.0139. The molecule has 28 heavy (non-hydrogen) atoms. The van der Waals surface area contributed by atoms with Gasteiger partial charge in [0, 0.05) is 17.3 Å². The highest BCUT2D eigenvalue weighted by Crippen LogP contribution is 2.35. The quantitative estimate of drug-likeness (QED) is 0.558. The lowest BCUT2D eigenvalue weighted by Gasteiger charge is -2.17. The maximum absolute atomic E-state index is 12.8. The Labute approximate surface area is 166 Å². The number of hydrogen-bond donors (Lipinski definition) is 2. The summed E-state index contributed by atoms with van der Waals surface area (Å²) in [6.45, 7) is 5.10.